The Labute approximate surface area is 106 Å². The van der Waals surface area contributed by atoms with Crippen molar-refractivity contribution in [2.24, 2.45) is 0 Å². The summed E-state index contributed by atoms with van der Waals surface area (Å²) in [5.74, 6) is 0. The Kier molecular flexibility index (Phi) is 2.87. The minimum Gasteiger partial charge on any atom is -0.312 e. The molecule has 0 saturated heterocycles. The van der Waals surface area contributed by atoms with E-state index < -0.39 is 0 Å². The van der Waals surface area contributed by atoms with Crippen molar-refractivity contribution in [3.05, 3.63) is 58.6 Å². The summed E-state index contributed by atoms with van der Waals surface area (Å²) in [6.07, 6.45) is 1.13. The monoisotopic (exact) mass is 243 g/mol. The molecule has 0 radical (unpaired) electrons. The zero-order valence-corrected chi connectivity index (χ0v) is 10.3. The number of fused-ring (bicyclic) bond motifs is 1. The molecule has 1 aliphatic rings. The molecule has 0 aromatic heterocycles. The summed E-state index contributed by atoms with van der Waals surface area (Å²) in [6.45, 7) is 2.06. The summed E-state index contributed by atoms with van der Waals surface area (Å²) in [5.41, 5.74) is 5.31. The molecule has 0 atom stereocenters. The molecule has 86 valence electrons. The second-order valence-electron chi connectivity index (χ2n) is 4.42. The molecule has 1 nitrogen and oxygen atoms in total. The van der Waals surface area contributed by atoms with Crippen LogP contribution in [0.15, 0.2) is 42.5 Å². The number of hydrogen-bond acceptors (Lipinski definition) is 1. The van der Waals surface area contributed by atoms with Gasteiger partial charge in [0, 0.05) is 11.6 Å². The molecule has 3 rings (SSSR count). The normalized spacial score (nSPS) is 14.4. The smallest absolute Gasteiger partial charge is 0.0412 e. The molecular formula is C15H14ClN. The zero-order chi connectivity index (χ0) is 11.7. The van der Waals surface area contributed by atoms with Crippen molar-refractivity contribution in [1.82, 2.24) is 5.32 Å². The van der Waals surface area contributed by atoms with Crippen molar-refractivity contribution >= 4 is 11.6 Å². The fourth-order valence-corrected chi connectivity index (χ4v) is 2.52. The predicted molar refractivity (Wildman–Crippen MR) is 72.3 cm³/mol. The van der Waals surface area contributed by atoms with Crippen molar-refractivity contribution in [2.75, 3.05) is 6.54 Å². The number of halogens is 1. The first-order valence-corrected chi connectivity index (χ1v) is 6.29. The summed E-state index contributed by atoms with van der Waals surface area (Å²) in [4.78, 5) is 0. The molecule has 0 fully saturated rings. The highest BCUT2D eigenvalue weighted by atomic mass is 35.5. The molecule has 0 amide bonds. The van der Waals surface area contributed by atoms with Crippen LogP contribution in [-0.2, 0) is 13.0 Å². The number of hydrogen-bond donors (Lipinski definition) is 1. The standard InChI is InChI=1S/C15H14ClN/c16-15-3-1-2-12(9-15)13-5-4-11-6-7-17-10-14(11)8-13/h1-5,8-9,17H,6-7,10H2. The molecule has 0 spiro atoms. The maximum Gasteiger partial charge on any atom is 0.0412 e. The maximum atomic E-state index is 6.03. The topological polar surface area (TPSA) is 12.0 Å². The van der Waals surface area contributed by atoms with E-state index in [2.05, 4.69) is 29.6 Å². The highest BCUT2D eigenvalue weighted by molar-refractivity contribution is 6.30. The van der Waals surface area contributed by atoms with Gasteiger partial charge in [-0.25, -0.2) is 0 Å². The van der Waals surface area contributed by atoms with Gasteiger partial charge >= 0.3 is 0 Å². The predicted octanol–water partition coefficient (Wildman–Crippen LogP) is 3.65. The van der Waals surface area contributed by atoms with Gasteiger partial charge in [-0.1, -0.05) is 35.9 Å². The van der Waals surface area contributed by atoms with Gasteiger partial charge in [0.1, 0.15) is 0 Å². The molecule has 1 aliphatic heterocycles. The van der Waals surface area contributed by atoms with Crippen LogP contribution in [0.5, 0.6) is 0 Å². The molecule has 0 unspecified atom stereocenters. The Morgan fingerprint density at radius 3 is 2.71 bits per heavy atom. The van der Waals surface area contributed by atoms with Crippen molar-refractivity contribution in [2.45, 2.75) is 13.0 Å². The molecule has 0 saturated carbocycles. The molecule has 0 bridgehead atoms. The molecule has 17 heavy (non-hydrogen) atoms. The van der Waals surface area contributed by atoms with E-state index in [1.807, 2.05) is 18.2 Å². The van der Waals surface area contributed by atoms with Crippen LogP contribution in [0.2, 0.25) is 5.02 Å². The summed E-state index contributed by atoms with van der Waals surface area (Å²) in [5, 5.41) is 4.20. The SMILES string of the molecule is Clc1cccc(-c2ccc3c(c2)CNCC3)c1. The minimum atomic E-state index is 0.790. The fraction of sp³-hybridized carbons (Fsp3) is 0.200. The number of nitrogens with one attached hydrogen (secondary N) is 1. The van der Waals surface area contributed by atoms with Gasteiger partial charge in [-0.05, 0) is 53.4 Å². The molecule has 2 aromatic rings. The average Bonchev–Trinajstić information content (AvgIpc) is 2.38. The van der Waals surface area contributed by atoms with Gasteiger partial charge in [0.05, 0.1) is 0 Å². The largest absolute Gasteiger partial charge is 0.312 e. The third-order valence-corrected chi connectivity index (χ3v) is 3.49. The van der Waals surface area contributed by atoms with Gasteiger partial charge in [-0.3, -0.25) is 0 Å². The Bertz CT molecular complexity index is 548. The van der Waals surface area contributed by atoms with Crippen LogP contribution in [-0.4, -0.2) is 6.54 Å². The summed E-state index contributed by atoms with van der Waals surface area (Å²) in [6, 6.07) is 14.7. The van der Waals surface area contributed by atoms with E-state index in [0.717, 1.165) is 24.5 Å². The summed E-state index contributed by atoms with van der Waals surface area (Å²) < 4.78 is 0. The Balaban J connectivity index is 2.04. The first-order valence-electron chi connectivity index (χ1n) is 5.91. The van der Waals surface area contributed by atoms with Gasteiger partial charge < -0.3 is 5.32 Å². The van der Waals surface area contributed by atoms with Gasteiger partial charge in [-0.15, -0.1) is 0 Å². The van der Waals surface area contributed by atoms with Crippen LogP contribution in [0, 0.1) is 0 Å². The number of rotatable bonds is 1. The first kappa shape index (κ1) is 10.8. The lowest BCUT2D eigenvalue weighted by Crippen LogP contribution is -2.23. The third-order valence-electron chi connectivity index (χ3n) is 3.25. The second kappa shape index (κ2) is 4.52. The molecular weight excluding hydrogens is 230 g/mol. The van der Waals surface area contributed by atoms with E-state index in [9.17, 15) is 0 Å². The van der Waals surface area contributed by atoms with Crippen LogP contribution in [0.3, 0.4) is 0 Å². The molecule has 2 heteroatoms. The van der Waals surface area contributed by atoms with E-state index in [1.165, 1.54) is 22.3 Å². The highest BCUT2D eigenvalue weighted by Gasteiger charge is 2.09. The lowest BCUT2D eigenvalue weighted by Gasteiger charge is -2.18. The van der Waals surface area contributed by atoms with Crippen molar-refractivity contribution < 1.29 is 0 Å². The van der Waals surface area contributed by atoms with Crippen molar-refractivity contribution in [1.29, 1.82) is 0 Å². The summed E-state index contributed by atoms with van der Waals surface area (Å²) in [7, 11) is 0. The van der Waals surface area contributed by atoms with E-state index >= 15 is 0 Å². The van der Waals surface area contributed by atoms with Crippen LogP contribution in [0.25, 0.3) is 11.1 Å². The summed E-state index contributed by atoms with van der Waals surface area (Å²) >= 11 is 6.03. The fourth-order valence-electron chi connectivity index (χ4n) is 2.33. The average molecular weight is 244 g/mol. The van der Waals surface area contributed by atoms with Crippen LogP contribution < -0.4 is 5.32 Å². The quantitative estimate of drug-likeness (QED) is 0.806. The molecule has 1 N–H and O–H groups in total. The van der Waals surface area contributed by atoms with E-state index in [-0.39, 0.29) is 0 Å². The van der Waals surface area contributed by atoms with E-state index in [0.29, 0.717) is 0 Å². The van der Waals surface area contributed by atoms with E-state index in [1.54, 1.807) is 0 Å². The lowest BCUT2D eigenvalue weighted by atomic mass is 9.96. The molecule has 2 aromatic carbocycles. The highest BCUT2D eigenvalue weighted by Crippen LogP contribution is 2.26. The minimum absolute atomic E-state index is 0.790. The van der Waals surface area contributed by atoms with Crippen LogP contribution in [0.4, 0.5) is 0 Å². The van der Waals surface area contributed by atoms with Crippen molar-refractivity contribution in [3.63, 3.8) is 0 Å². The van der Waals surface area contributed by atoms with Gasteiger partial charge in [0.25, 0.3) is 0 Å². The zero-order valence-electron chi connectivity index (χ0n) is 9.54. The lowest BCUT2D eigenvalue weighted by molar-refractivity contribution is 0.644. The van der Waals surface area contributed by atoms with Crippen LogP contribution >= 0.6 is 11.6 Å². The Morgan fingerprint density at radius 2 is 1.82 bits per heavy atom. The second-order valence-corrected chi connectivity index (χ2v) is 4.86. The Morgan fingerprint density at radius 1 is 0.941 bits per heavy atom. The van der Waals surface area contributed by atoms with Gasteiger partial charge in [-0.2, -0.15) is 0 Å². The third kappa shape index (κ3) is 2.21. The maximum absolute atomic E-state index is 6.03. The molecule has 1 heterocycles. The number of benzene rings is 2. The molecule has 0 aliphatic carbocycles. The van der Waals surface area contributed by atoms with Gasteiger partial charge in [0.2, 0.25) is 0 Å². The Hall–Kier alpha value is -1.31. The first-order chi connectivity index (χ1) is 8.33. The van der Waals surface area contributed by atoms with Crippen molar-refractivity contribution in [3.8, 4) is 11.1 Å². The van der Waals surface area contributed by atoms with E-state index in [4.69, 9.17) is 11.6 Å². The van der Waals surface area contributed by atoms with Crippen LogP contribution in [0.1, 0.15) is 11.1 Å². The van der Waals surface area contributed by atoms with Gasteiger partial charge in [0.15, 0.2) is 0 Å².